The average molecular weight is 661 g/mol. The van der Waals surface area contributed by atoms with Gasteiger partial charge in [-0.2, -0.15) is 0 Å². The molecule has 256 valence electrons. The Morgan fingerprint density at radius 2 is 1.23 bits per heavy atom. The van der Waals surface area contributed by atoms with Crippen molar-refractivity contribution in [2.75, 3.05) is 35.0 Å². The smallest absolute Gasteiger partial charge is 0.303 e. The van der Waals surface area contributed by atoms with Gasteiger partial charge >= 0.3 is 17.9 Å². The lowest BCUT2D eigenvalue weighted by atomic mass is 9.92. The highest BCUT2D eigenvalue weighted by Gasteiger charge is 2.55. The van der Waals surface area contributed by atoms with Crippen molar-refractivity contribution in [2.45, 2.75) is 76.5 Å². The number of carbonyl (C=O) groups excluding carboxylic acids is 4. The Labute approximate surface area is 272 Å². The molecule has 0 aromatic heterocycles. The number of esters is 3. The van der Waals surface area contributed by atoms with Crippen LogP contribution < -0.4 is 18.9 Å². The van der Waals surface area contributed by atoms with Crippen molar-refractivity contribution in [3.05, 3.63) is 47.5 Å². The summed E-state index contributed by atoms with van der Waals surface area (Å²) in [5, 5.41) is 0. The van der Waals surface area contributed by atoms with E-state index in [0.29, 0.717) is 34.1 Å². The van der Waals surface area contributed by atoms with Crippen LogP contribution in [-0.2, 0) is 42.8 Å². The second-order valence-corrected chi connectivity index (χ2v) is 10.8. The van der Waals surface area contributed by atoms with Gasteiger partial charge in [0.2, 0.25) is 0 Å². The van der Waals surface area contributed by atoms with Crippen molar-refractivity contribution in [3.8, 4) is 23.0 Å². The summed E-state index contributed by atoms with van der Waals surface area (Å²) in [5.74, 6) is -0.334. The first-order valence-electron chi connectivity index (χ1n) is 14.9. The van der Waals surface area contributed by atoms with Crippen molar-refractivity contribution in [1.29, 1.82) is 0 Å². The predicted octanol–water partition coefficient (Wildman–Crippen LogP) is 3.36. The molecule has 2 aromatic rings. The van der Waals surface area contributed by atoms with E-state index in [9.17, 15) is 19.2 Å². The number of hydrogen-bond acceptors (Lipinski definition) is 14. The minimum absolute atomic E-state index is 0.0466. The maximum atomic E-state index is 13.4. The van der Waals surface area contributed by atoms with Crippen molar-refractivity contribution in [2.24, 2.45) is 0 Å². The zero-order valence-electron chi connectivity index (χ0n) is 27.3. The largest absolute Gasteiger partial charge is 0.493 e. The van der Waals surface area contributed by atoms with Gasteiger partial charge in [-0.25, -0.2) is 0 Å². The van der Waals surface area contributed by atoms with Gasteiger partial charge in [-0.1, -0.05) is 6.07 Å². The summed E-state index contributed by atoms with van der Waals surface area (Å²) in [4.78, 5) is 49.4. The van der Waals surface area contributed by atoms with Crippen LogP contribution in [0, 0.1) is 0 Å². The number of carbonyl (C=O) groups is 4. The topological polar surface area (TPSA) is 161 Å². The Hall–Kier alpha value is -4.40. The molecule has 14 heteroatoms. The van der Waals surface area contributed by atoms with E-state index in [-0.39, 0.29) is 25.2 Å². The maximum Gasteiger partial charge on any atom is 0.303 e. The molecule has 14 nitrogen and oxygen atoms in total. The van der Waals surface area contributed by atoms with E-state index in [4.69, 9.17) is 47.4 Å². The molecule has 2 saturated heterocycles. The molecule has 0 N–H and O–H groups in total. The Balaban J connectivity index is 1.69. The molecule has 0 spiro atoms. The second-order valence-electron chi connectivity index (χ2n) is 10.8. The van der Waals surface area contributed by atoms with Gasteiger partial charge in [-0.15, -0.1) is 0 Å². The van der Waals surface area contributed by atoms with Crippen molar-refractivity contribution >= 4 is 23.7 Å². The van der Waals surface area contributed by atoms with Crippen LogP contribution in [0.15, 0.2) is 36.4 Å². The van der Waals surface area contributed by atoms with Gasteiger partial charge in [0.05, 0.1) is 34.5 Å². The molecule has 47 heavy (non-hydrogen) atoms. The Bertz CT molecular complexity index is 1440. The highest BCUT2D eigenvalue weighted by molar-refractivity contribution is 5.96. The van der Waals surface area contributed by atoms with E-state index in [1.165, 1.54) is 49.2 Å². The van der Waals surface area contributed by atoms with Crippen LogP contribution in [0.4, 0.5) is 0 Å². The molecule has 7 atom stereocenters. The van der Waals surface area contributed by atoms with Crippen LogP contribution in [0.3, 0.4) is 0 Å². The molecule has 4 rings (SSSR count). The lowest BCUT2D eigenvalue weighted by Crippen LogP contribution is -2.65. The van der Waals surface area contributed by atoms with Crippen LogP contribution in [-0.4, -0.2) is 95.5 Å². The minimum atomic E-state index is -1.20. The number of ether oxygens (including phenoxy) is 10. The molecular weight excluding hydrogens is 620 g/mol. The molecule has 0 radical (unpaired) electrons. The first-order valence-corrected chi connectivity index (χ1v) is 14.9. The van der Waals surface area contributed by atoms with Crippen molar-refractivity contribution in [3.63, 3.8) is 0 Å². The number of benzene rings is 2. The van der Waals surface area contributed by atoms with Gasteiger partial charge < -0.3 is 47.4 Å². The maximum absolute atomic E-state index is 13.4. The van der Waals surface area contributed by atoms with Gasteiger partial charge in [0.1, 0.15) is 24.9 Å². The van der Waals surface area contributed by atoms with Gasteiger partial charge in [0.25, 0.3) is 0 Å². The van der Waals surface area contributed by atoms with Gasteiger partial charge in [-0.3, -0.25) is 19.2 Å². The summed E-state index contributed by atoms with van der Waals surface area (Å²) in [6, 6.07) is 10.1. The fraction of sp³-hybridized carbons (Fsp3) is 0.515. The highest BCUT2D eigenvalue weighted by Crippen LogP contribution is 2.43. The van der Waals surface area contributed by atoms with Crippen molar-refractivity contribution < 1.29 is 66.5 Å². The lowest BCUT2D eigenvalue weighted by molar-refractivity contribution is -0.369. The minimum Gasteiger partial charge on any atom is -0.493 e. The standard InChI is InChI=1S/C33H40O14/c1-17(34)42-16-28-30(43-18(2)35)31(44-19(3)36)32-33(46-28)45-25(29(47-32)21-9-12-24(39-5)27(15-21)41-7)13-10-22(37)20-8-11-23(38-4)26(14-20)40-6/h8-9,11-12,14-15,25,28-33H,10,13,16H2,1-7H3/t25-,28-,29-,30-,31+,32?,33-/m1/s1. The molecule has 0 bridgehead atoms. The van der Waals surface area contributed by atoms with E-state index < -0.39 is 60.8 Å². The number of ketones is 1. The van der Waals surface area contributed by atoms with E-state index in [0.717, 1.165) is 0 Å². The summed E-state index contributed by atoms with van der Waals surface area (Å²) in [6.07, 6.45) is -7.09. The first kappa shape index (κ1) is 35.5. The third-order valence-electron chi connectivity index (χ3n) is 7.69. The molecule has 2 aliphatic rings. The zero-order chi connectivity index (χ0) is 34.2. The summed E-state index contributed by atoms with van der Waals surface area (Å²) in [5.41, 5.74) is 1.02. The van der Waals surface area contributed by atoms with Crippen LogP contribution in [0.5, 0.6) is 23.0 Å². The van der Waals surface area contributed by atoms with E-state index in [1.807, 2.05) is 0 Å². The fourth-order valence-corrected chi connectivity index (χ4v) is 5.60. The molecule has 2 aliphatic heterocycles. The molecule has 2 heterocycles. The molecule has 2 aromatic carbocycles. The number of methoxy groups -OCH3 is 4. The Morgan fingerprint density at radius 3 is 1.83 bits per heavy atom. The third kappa shape index (κ3) is 8.50. The first-order chi connectivity index (χ1) is 22.5. The van der Waals surface area contributed by atoms with E-state index in [1.54, 1.807) is 36.4 Å². The molecule has 0 saturated carbocycles. The predicted molar refractivity (Wildman–Crippen MR) is 162 cm³/mol. The normalized spacial score (nSPS) is 25.0. The molecule has 1 unspecified atom stereocenters. The molecule has 0 aliphatic carbocycles. The number of rotatable bonds is 13. The van der Waals surface area contributed by atoms with Gasteiger partial charge in [0, 0.05) is 32.8 Å². The number of fused-ring (bicyclic) bond motifs is 1. The summed E-state index contributed by atoms with van der Waals surface area (Å²) in [6.45, 7) is 3.29. The molecule has 0 amide bonds. The zero-order valence-corrected chi connectivity index (χ0v) is 27.3. The summed E-state index contributed by atoms with van der Waals surface area (Å²) >= 11 is 0. The highest BCUT2D eigenvalue weighted by atomic mass is 16.8. The second kappa shape index (κ2) is 15.9. The number of Topliss-reactive ketones (excluding diaryl/α,β-unsaturated/α-hetero) is 1. The van der Waals surface area contributed by atoms with Gasteiger partial charge in [0.15, 0.2) is 47.3 Å². The summed E-state index contributed by atoms with van der Waals surface area (Å²) < 4.78 is 57.1. The van der Waals surface area contributed by atoms with Crippen LogP contribution in [0.2, 0.25) is 0 Å². The molecular formula is C33H40O14. The molecule has 2 fully saturated rings. The van der Waals surface area contributed by atoms with Crippen molar-refractivity contribution in [1.82, 2.24) is 0 Å². The van der Waals surface area contributed by atoms with E-state index >= 15 is 0 Å². The van der Waals surface area contributed by atoms with E-state index in [2.05, 4.69) is 0 Å². The van der Waals surface area contributed by atoms with Gasteiger partial charge in [-0.05, 0) is 42.3 Å². The average Bonchev–Trinajstić information content (AvgIpc) is 3.05. The number of hydrogen-bond donors (Lipinski definition) is 0. The lowest BCUT2D eigenvalue weighted by Gasteiger charge is -2.50. The quantitative estimate of drug-likeness (QED) is 0.175. The summed E-state index contributed by atoms with van der Waals surface area (Å²) in [7, 11) is 5.99. The fourth-order valence-electron chi connectivity index (χ4n) is 5.60. The monoisotopic (exact) mass is 660 g/mol. The van der Waals surface area contributed by atoms with Crippen LogP contribution in [0.25, 0.3) is 0 Å². The Morgan fingerprint density at radius 1 is 0.660 bits per heavy atom. The Kier molecular flexibility index (Phi) is 12.0. The van der Waals surface area contributed by atoms with Crippen LogP contribution in [0.1, 0.15) is 55.6 Å². The van der Waals surface area contributed by atoms with Crippen LogP contribution >= 0.6 is 0 Å². The third-order valence-corrected chi connectivity index (χ3v) is 7.69. The SMILES string of the molecule is COc1ccc(C(=O)CC[C@H]2O[C@@H]3O[C@H](COC(C)=O)[C@@H](OC(C)=O)[C@H](OC(C)=O)C3O[C@@H]2c2ccc(OC)c(OC)c2)cc1OC.